The predicted molar refractivity (Wildman–Crippen MR) is 110 cm³/mol. The maximum absolute atomic E-state index is 12.5. The molecule has 1 aromatic heterocycles. The van der Waals surface area contributed by atoms with Gasteiger partial charge in [0.1, 0.15) is 0 Å². The molecule has 3 rings (SSSR count). The van der Waals surface area contributed by atoms with Crippen LogP contribution in [0, 0.1) is 6.92 Å². The standard InChI is InChI=1S/C19H24N6O3S/c1-4-13-15(17(26)28-5-2)14(22-18(27)21-13)10-29-19-24-23-16(25(19)20)12-9-7-6-8-11(12)3/h6-9,13H,4-5,10,20H2,1-3H3,(H2,21,22,27)/t13-/m1/s1. The molecule has 0 saturated carbocycles. The lowest BCUT2D eigenvalue weighted by molar-refractivity contribution is -0.139. The molecule has 2 heterocycles. The molecule has 0 bridgehead atoms. The number of carbonyl (C=O) groups is 2. The van der Waals surface area contributed by atoms with Crippen molar-refractivity contribution in [1.82, 2.24) is 25.5 Å². The highest BCUT2D eigenvalue weighted by Gasteiger charge is 2.31. The van der Waals surface area contributed by atoms with Crippen molar-refractivity contribution >= 4 is 23.8 Å². The first-order chi connectivity index (χ1) is 14.0. The zero-order valence-electron chi connectivity index (χ0n) is 16.6. The van der Waals surface area contributed by atoms with Crippen molar-refractivity contribution in [2.45, 2.75) is 38.4 Å². The highest BCUT2D eigenvalue weighted by Crippen LogP contribution is 2.27. The number of aryl methyl sites for hydroxylation is 1. The highest BCUT2D eigenvalue weighted by molar-refractivity contribution is 7.99. The van der Waals surface area contributed by atoms with Crippen LogP contribution >= 0.6 is 11.8 Å². The smallest absolute Gasteiger partial charge is 0.337 e. The van der Waals surface area contributed by atoms with E-state index in [1.54, 1.807) is 6.92 Å². The Bertz CT molecular complexity index is 955. The Labute approximate surface area is 173 Å². The molecule has 0 saturated heterocycles. The number of esters is 1. The fourth-order valence-corrected chi connectivity index (χ4v) is 3.92. The molecule has 2 amide bonds. The van der Waals surface area contributed by atoms with Gasteiger partial charge in [0.15, 0.2) is 5.82 Å². The van der Waals surface area contributed by atoms with Crippen LogP contribution < -0.4 is 16.5 Å². The van der Waals surface area contributed by atoms with E-state index >= 15 is 0 Å². The van der Waals surface area contributed by atoms with Crippen LogP contribution in [-0.4, -0.2) is 45.3 Å². The van der Waals surface area contributed by atoms with Gasteiger partial charge in [0.25, 0.3) is 0 Å². The Morgan fingerprint density at radius 1 is 1.31 bits per heavy atom. The van der Waals surface area contributed by atoms with Crippen LogP contribution in [0.1, 0.15) is 25.8 Å². The molecule has 0 spiro atoms. The van der Waals surface area contributed by atoms with Gasteiger partial charge in [0, 0.05) is 17.0 Å². The van der Waals surface area contributed by atoms with Gasteiger partial charge in [-0.25, -0.2) is 14.3 Å². The van der Waals surface area contributed by atoms with Crippen LogP contribution in [0.4, 0.5) is 4.79 Å². The van der Waals surface area contributed by atoms with E-state index in [-0.39, 0.29) is 12.6 Å². The summed E-state index contributed by atoms with van der Waals surface area (Å²) in [5, 5.41) is 14.3. The number of nitrogens with zero attached hydrogens (tertiary/aromatic N) is 3. The second-order valence-corrected chi connectivity index (χ2v) is 7.39. The maximum atomic E-state index is 12.5. The molecule has 1 aromatic carbocycles. The minimum absolute atomic E-state index is 0.254. The zero-order valence-corrected chi connectivity index (χ0v) is 17.4. The first-order valence-electron chi connectivity index (χ1n) is 9.33. The first kappa shape index (κ1) is 20.7. The Morgan fingerprint density at radius 2 is 2.07 bits per heavy atom. The van der Waals surface area contributed by atoms with Crippen molar-refractivity contribution in [2.24, 2.45) is 0 Å². The van der Waals surface area contributed by atoms with Gasteiger partial charge in [-0.15, -0.1) is 10.2 Å². The number of rotatable bonds is 7. The SMILES string of the molecule is CCOC(=O)C1=C(CSc2nnc(-c3ccccc3C)n2N)NC(=O)N[C@@H]1CC. The number of hydrogen-bond acceptors (Lipinski definition) is 7. The fraction of sp³-hybridized carbons (Fsp3) is 0.368. The molecule has 4 N–H and O–H groups in total. The minimum atomic E-state index is -0.447. The first-order valence-corrected chi connectivity index (χ1v) is 10.3. The second kappa shape index (κ2) is 8.99. The zero-order chi connectivity index (χ0) is 21.0. The predicted octanol–water partition coefficient (Wildman–Crippen LogP) is 1.97. The number of aromatic nitrogens is 3. The molecule has 2 aromatic rings. The molecule has 9 nitrogen and oxygen atoms in total. The molecule has 0 fully saturated rings. The summed E-state index contributed by atoms with van der Waals surface area (Å²) in [4.78, 5) is 24.4. The molecule has 0 unspecified atom stereocenters. The summed E-state index contributed by atoms with van der Waals surface area (Å²) in [6, 6.07) is 7.00. The summed E-state index contributed by atoms with van der Waals surface area (Å²) < 4.78 is 6.59. The summed E-state index contributed by atoms with van der Waals surface area (Å²) in [6.45, 7) is 5.87. The summed E-state index contributed by atoms with van der Waals surface area (Å²) >= 11 is 1.28. The van der Waals surface area contributed by atoms with Crippen LogP contribution in [0.5, 0.6) is 0 Å². The number of benzene rings is 1. The largest absolute Gasteiger partial charge is 0.463 e. The lowest BCUT2D eigenvalue weighted by Crippen LogP contribution is -2.50. The van der Waals surface area contributed by atoms with Crippen LogP contribution in [0.2, 0.25) is 0 Å². The number of hydrogen-bond donors (Lipinski definition) is 3. The third-order valence-electron chi connectivity index (χ3n) is 4.54. The number of carbonyl (C=O) groups excluding carboxylic acids is 2. The van der Waals surface area contributed by atoms with Gasteiger partial charge >= 0.3 is 12.0 Å². The van der Waals surface area contributed by atoms with Crippen molar-refractivity contribution in [3.63, 3.8) is 0 Å². The second-order valence-electron chi connectivity index (χ2n) is 6.45. The van der Waals surface area contributed by atoms with E-state index in [0.717, 1.165) is 11.1 Å². The number of nitrogen functional groups attached to an aromatic ring is 1. The molecular formula is C19H24N6O3S. The van der Waals surface area contributed by atoms with Crippen molar-refractivity contribution in [2.75, 3.05) is 18.2 Å². The van der Waals surface area contributed by atoms with E-state index in [2.05, 4.69) is 20.8 Å². The molecule has 1 aliphatic heterocycles. The fourth-order valence-electron chi connectivity index (χ4n) is 3.10. The quantitative estimate of drug-likeness (QED) is 0.358. The molecule has 1 atom stereocenters. The number of amides is 2. The van der Waals surface area contributed by atoms with Crippen LogP contribution in [0.15, 0.2) is 40.7 Å². The van der Waals surface area contributed by atoms with E-state index in [9.17, 15) is 9.59 Å². The van der Waals surface area contributed by atoms with Crippen LogP contribution in [-0.2, 0) is 9.53 Å². The van der Waals surface area contributed by atoms with E-state index in [1.807, 2.05) is 38.1 Å². The topological polar surface area (TPSA) is 124 Å². The maximum Gasteiger partial charge on any atom is 0.337 e. The molecule has 1 aliphatic rings. The molecule has 0 radical (unpaired) electrons. The molecule has 0 aliphatic carbocycles. The van der Waals surface area contributed by atoms with Gasteiger partial charge in [0.05, 0.1) is 18.2 Å². The van der Waals surface area contributed by atoms with Crippen molar-refractivity contribution in [3.8, 4) is 11.4 Å². The number of ether oxygens (including phenoxy) is 1. The van der Waals surface area contributed by atoms with Gasteiger partial charge < -0.3 is 21.2 Å². The summed E-state index contributed by atoms with van der Waals surface area (Å²) in [6.07, 6.45) is 0.570. The summed E-state index contributed by atoms with van der Waals surface area (Å²) in [5.41, 5.74) is 2.84. The van der Waals surface area contributed by atoms with Gasteiger partial charge in [-0.3, -0.25) is 0 Å². The van der Waals surface area contributed by atoms with Gasteiger partial charge in [0.2, 0.25) is 5.16 Å². The monoisotopic (exact) mass is 416 g/mol. The number of nitrogens with two attached hydrogens (primary N) is 1. The normalized spacial score (nSPS) is 16.4. The van der Waals surface area contributed by atoms with Crippen molar-refractivity contribution in [1.29, 1.82) is 0 Å². The van der Waals surface area contributed by atoms with Crippen molar-refractivity contribution in [3.05, 3.63) is 41.1 Å². The van der Waals surface area contributed by atoms with E-state index in [0.29, 0.717) is 34.4 Å². The third kappa shape index (κ3) is 4.37. The molecular weight excluding hydrogens is 392 g/mol. The average molecular weight is 417 g/mol. The van der Waals surface area contributed by atoms with Crippen molar-refractivity contribution < 1.29 is 14.3 Å². The molecule has 10 heteroatoms. The highest BCUT2D eigenvalue weighted by atomic mass is 32.2. The lowest BCUT2D eigenvalue weighted by Gasteiger charge is -2.28. The lowest BCUT2D eigenvalue weighted by atomic mass is 10.0. The molecule has 29 heavy (non-hydrogen) atoms. The number of thioether (sulfide) groups is 1. The Morgan fingerprint density at radius 3 is 2.76 bits per heavy atom. The van der Waals surface area contributed by atoms with E-state index in [1.165, 1.54) is 16.4 Å². The number of urea groups is 1. The number of nitrogens with one attached hydrogen (secondary N) is 2. The van der Waals surface area contributed by atoms with E-state index < -0.39 is 12.0 Å². The van der Waals surface area contributed by atoms with Crippen LogP contribution in [0.25, 0.3) is 11.4 Å². The van der Waals surface area contributed by atoms with Crippen LogP contribution in [0.3, 0.4) is 0 Å². The Hall–Kier alpha value is -3.01. The Kier molecular flexibility index (Phi) is 6.42. The summed E-state index contributed by atoms with van der Waals surface area (Å²) in [7, 11) is 0. The van der Waals surface area contributed by atoms with E-state index in [4.69, 9.17) is 10.6 Å². The third-order valence-corrected chi connectivity index (χ3v) is 5.51. The van der Waals surface area contributed by atoms with Gasteiger partial charge in [-0.1, -0.05) is 43.0 Å². The Balaban J connectivity index is 1.86. The average Bonchev–Trinajstić information content (AvgIpc) is 3.06. The minimum Gasteiger partial charge on any atom is -0.463 e. The molecule has 154 valence electrons. The van der Waals surface area contributed by atoms with Gasteiger partial charge in [-0.05, 0) is 25.8 Å². The summed E-state index contributed by atoms with van der Waals surface area (Å²) in [5.74, 6) is 6.60. The van der Waals surface area contributed by atoms with Gasteiger partial charge in [-0.2, -0.15) is 0 Å².